The van der Waals surface area contributed by atoms with Gasteiger partial charge in [-0.2, -0.15) is 4.98 Å². The van der Waals surface area contributed by atoms with Crippen LogP contribution in [0.3, 0.4) is 0 Å². The van der Waals surface area contributed by atoms with Gasteiger partial charge in [-0.1, -0.05) is 12.1 Å². The number of hydrogen-bond acceptors (Lipinski definition) is 6. The Hall–Kier alpha value is -2.15. The van der Waals surface area contributed by atoms with Gasteiger partial charge in [0.05, 0.1) is 19.4 Å². The van der Waals surface area contributed by atoms with Crippen molar-refractivity contribution in [2.24, 2.45) is 0 Å². The Bertz CT molecular complexity index is 550. The van der Waals surface area contributed by atoms with Crippen molar-refractivity contribution in [3.8, 4) is 11.6 Å². The number of carboxylic acid groups (broad SMARTS) is 1. The third-order valence-electron chi connectivity index (χ3n) is 3.10. The van der Waals surface area contributed by atoms with Crippen molar-refractivity contribution in [3.63, 3.8) is 0 Å². The molecule has 0 fully saturated rings. The van der Waals surface area contributed by atoms with E-state index in [-0.39, 0.29) is 12.6 Å². The highest BCUT2D eigenvalue weighted by Crippen LogP contribution is 2.17. The van der Waals surface area contributed by atoms with Crippen molar-refractivity contribution in [2.45, 2.75) is 32.9 Å². The smallest absolute Gasteiger partial charge is 0.317 e. The number of aromatic nitrogens is 2. The van der Waals surface area contributed by atoms with Gasteiger partial charge in [0.15, 0.2) is 5.76 Å². The van der Waals surface area contributed by atoms with Gasteiger partial charge in [0.2, 0.25) is 11.7 Å². The molecule has 2 heterocycles. The number of carboxylic acids is 1. The molecule has 2 aromatic rings. The predicted octanol–water partition coefficient (Wildman–Crippen LogP) is 2.01. The molecule has 2 rings (SSSR count). The molecule has 0 saturated heterocycles. The minimum Gasteiger partial charge on any atom is -0.480 e. The van der Waals surface area contributed by atoms with Crippen LogP contribution >= 0.6 is 0 Å². The highest BCUT2D eigenvalue weighted by Gasteiger charge is 2.20. The first-order valence-corrected chi connectivity index (χ1v) is 6.42. The standard InChI is InChI=1S/C13H17N3O4/c1-3-9(2)16(8-12(17)18)7-11-14-13(15-20-11)10-5-4-6-19-10/h4-6,9H,3,7-8H2,1-2H3,(H,17,18). The zero-order valence-corrected chi connectivity index (χ0v) is 11.4. The third-order valence-corrected chi connectivity index (χ3v) is 3.10. The number of rotatable bonds is 7. The molecule has 0 saturated carbocycles. The molecule has 1 unspecified atom stereocenters. The summed E-state index contributed by atoms with van der Waals surface area (Å²) in [5.41, 5.74) is 0. The van der Waals surface area contributed by atoms with E-state index >= 15 is 0 Å². The fourth-order valence-electron chi connectivity index (χ4n) is 1.80. The topological polar surface area (TPSA) is 92.6 Å². The molecule has 7 nitrogen and oxygen atoms in total. The lowest BCUT2D eigenvalue weighted by Gasteiger charge is -2.24. The van der Waals surface area contributed by atoms with Crippen LogP contribution in [0, 0.1) is 0 Å². The zero-order valence-electron chi connectivity index (χ0n) is 11.4. The number of carbonyl (C=O) groups is 1. The van der Waals surface area contributed by atoms with Gasteiger partial charge in [0, 0.05) is 6.04 Å². The van der Waals surface area contributed by atoms with E-state index in [0.29, 0.717) is 24.0 Å². The Morgan fingerprint density at radius 2 is 2.35 bits per heavy atom. The van der Waals surface area contributed by atoms with Gasteiger partial charge in [0.25, 0.3) is 0 Å². The lowest BCUT2D eigenvalue weighted by atomic mass is 10.2. The van der Waals surface area contributed by atoms with Crippen molar-refractivity contribution in [3.05, 3.63) is 24.3 Å². The van der Waals surface area contributed by atoms with Crippen LogP contribution in [0.4, 0.5) is 0 Å². The summed E-state index contributed by atoms with van der Waals surface area (Å²) in [6.07, 6.45) is 2.37. The number of aliphatic carboxylic acids is 1. The molecule has 108 valence electrons. The average Bonchev–Trinajstić information content (AvgIpc) is 3.06. The molecular formula is C13H17N3O4. The fourth-order valence-corrected chi connectivity index (χ4v) is 1.80. The molecule has 0 aliphatic carbocycles. The number of nitrogens with zero attached hydrogens (tertiary/aromatic N) is 3. The molecule has 0 aliphatic rings. The van der Waals surface area contributed by atoms with Gasteiger partial charge in [-0.05, 0) is 25.5 Å². The summed E-state index contributed by atoms with van der Waals surface area (Å²) in [5, 5.41) is 12.8. The van der Waals surface area contributed by atoms with Crippen LogP contribution in [0.15, 0.2) is 27.3 Å². The van der Waals surface area contributed by atoms with Gasteiger partial charge in [0.1, 0.15) is 0 Å². The molecule has 0 spiro atoms. The van der Waals surface area contributed by atoms with Crippen LogP contribution in [0.25, 0.3) is 11.6 Å². The van der Waals surface area contributed by atoms with Crippen LogP contribution in [-0.2, 0) is 11.3 Å². The Labute approximate surface area is 116 Å². The van der Waals surface area contributed by atoms with E-state index in [0.717, 1.165) is 6.42 Å². The normalized spacial score (nSPS) is 12.8. The summed E-state index contributed by atoms with van der Waals surface area (Å²) < 4.78 is 10.3. The van der Waals surface area contributed by atoms with Crippen LogP contribution < -0.4 is 0 Å². The molecule has 0 amide bonds. The maximum absolute atomic E-state index is 10.9. The highest BCUT2D eigenvalue weighted by atomic mass is 16.5. The Morgan fingerprint density at radius 3 is 2.95 bits per heavy atom. The second-order valence-electron chi connectivity index (χ2n) is 4.55. The van der Waals surface area contributed by atoms with Crippen LogP contribution in [0.2, 0.25) is 0 Å². The summed E-state index contributed by atoms with van der Waals surface area (Å²) in [7, 11) is 0. The predicted molar refractivity (Wildman–Crippen MR) is 69.8 cm³/mol. The maximum Gasteiger partial charge on any atom is 0.317 e. The van der Waals surface area contributed by atoms with Gasteiger partial charge in [-0.25, -0.2) is 0 Å². The second kappa shape index (κ2) is 6.33. The Kier molecular flexibility index (Phi) is 4.52. The minimum absolute atomic E-state index is 0.0620. The molecular weight excluding hydrogens is 262 g/mol. The van der Waals surface area contributed by atoms with Gasteiger partial charge in [-0.3, -0.25) is 9.69 Å². The zero-order chi connectivity index (χ0) is 14.5. The fraction of sp³-hybridized carbons (Fsp3) is 0.462. The maximum atomic E-state index is 10.9. The molecule has 0 aromatic carbocycles. The largest absolute Gasteiger partial charge is 0.480 e. The lowest BCUT2D eigenvalue weighted by Crippen LogP contribution is -2.36. The molecule has 0 aliphatic heterocycles. The van der Waals surface area contributed by atoms with E-state index < -0.39 is 5.97 Å². The second-order valence-corrected chi connectivity index (χ2v) is 4.55. The summed E-state index contributed by atoms with van der Waals surface area (Å²) in [6, 6.07) is 3.59. The van der Waals surface area contributed by atoms with E-state index in [4.69, 9.17) is 14.0 Å². The van der Waals surface area contributed by atoms with Gasteiger partial charge < -0.3 is 14.0 Å². The molecule has 2 aromatic heterocycles. The van der Waals surface area contributed by atoms with Gasteiger partial charge in [-0.15, -0.1) is 0 Å². The summed E-state index contributed by atoms with van der Waals surface area (Å²) >= 11 is 0. The van der Waals surface area contributed by atoms with Crippen molar-refractivity contribution < 1.29 is 18.8 Å². The van der Waals surface area contributed by atoms with E-state index in [1.807, 2.05) is 13.8 Å². The minimum atomic E-state index is -0.879. The van der Waals surface area contributed by atoms with E-state index in [1.54, 1.807) is 17.0 Å². The molecule has 1 N–H and O–H groups in total. The molecule has 1 atom stereocenters. The molecule has 20 heavy (non-hydrogen) atoms. The van der Waals surface area contributed by atoms with Crippen molar-refractivity contribution in [2.75, 3.05) is 6.54 Å². The summed E-state index contributed by atoms with van der Waals surface area (Å²) in [4.78, 5) is 16.9. The first kappa shape index (κ1) is 14.3. The first-order chi connectivity index (χ1) is 9.60. The van der Waals surface area contributed by atoms with Crippen molar-refractivity contribution >= 4 is 5.97 Å². The average molecular weight is 279 g/mol. The van der Waals surface area contributed by atoms with E-state index in [2.05, 4.69) is 10.1 Å². The first-order valence-electron chi connectivity index (χ1n) is 6.42. The van der Waals surface area contributed by atoms with E-state index in [1.165, 1.54) is 6.26 Å². The highest BCUT2D eigenvalue weighted by molar-refractivity contribution is 5.69. The lowest BCUT2D eigenvalue weighted by molar-refractivity contribution is -0.139. The van der Waals surface area contributed by atoms with Crippen LogP contribution in [0.1, 0.15) is 26.2 Å². The molecule has 7 heteroatoms. The van der Waals surface area contributed by atoms with Crippen molar-refractivity contribution in [1.29, 1.82) is 0 Å². The van der Waals surface area contributed by atoms with Crippen LogP contribution in [0.5, 0.6) is 0 Å². The number of furan rings is 1. The van der Waals surface area contributed by atoms with Crippen molar-refractivity contribution in [1.82, 2.24) is 15.0 Å². The summed E-state index contributed by atoms with van der Waals surface area (Å²) in [5.74, 6) is 0.381. The van der Waals surface area contributed by atoms with Crippen LogP contribution in [-0.4, -0.2) is 38.7 Å². The molecule has 0 radical (unpaired) electrons. The monoisotopic (exact) mass is 279 g/mol. The number of hydrogen-bond donors (Lipinski definition) is 1. The summed E-state index contributed by atoms with van der Waals surface area (Å²) in [6.45, 7) is 4.21. The quantitative estimate of drug-likeness (QED) is 0.828. The van der Waals surface area contributed by atoms with E-state index in [9.17, 15) is 4.79 Å². The molecule has 0 bridgehead atoms. The Morgan fingerprint density at radius 1 is 1.55 bits per heavy atom. The Balaban J connectivity index is 2.08. The third kappa shape index (κ3) is 3.45. The SMILES string of the molecule is CCC(C)N(CC(=O)O)Cc1nc(-c2ccco2)no1. The van der Waals surface area contributed by atoms with Gasteiger partial charge >= 0.3 is 5.97 Å².